The number of hydrogen-bond donors (Lipinski definition) is 1. The van der Waals surface area contributed by atoms with E-state index in [1.165, 1.54) is 0 Å². The van der Waals surface area contributed by atoms with Crippen LogP contribution < -0.4 is 5.32 Å². The first kappa shape index (κ1) is 11.7. The lowest BCUT2D eigenvalue weighted by atomic mass is 10.5. The molecule has 0 aliphatic rings. The second-order valence-corrected chi connectivity index (χ2v) is 2.97. The Morgan fingerprint density at radius 1 is 1.60 bits per heavy atom. The third-order valence-electron chi connectivity index (χ3n) is 1.65. The molecule has 1 N–H and O–H groups in total. The minimum atomic E-state index is -0.218. The number of carbonyl (C=O) groups is 1. The monoisotopic (exact) mass is 213 g/mol. The number of ether oxygens (including phenoxy) is 2. The predicted octanol–water partition coefficient (Wildman–Crippen LogP) is 0.0216. The van der Waals surface area contributed by atoms with Crippen LogP contribution in [0.1, 0.15) is 0 Å². The van der Waals surface area contributed by atoms with Crippen molar-refractivity contribution in [3.05, 3.63) is 12.3 Å². The van der Waals surface area contributed by atoms with E-state index in [1.54, 1.807) is 31.1 Å². The molecule has 1 aromatic heterocycles. The summed E-state index contributed by atoms with van der Waals surface area (Å²) < 4.78 is 11.4. The Hall–Kier alpha value is -1.40. The van der Waals surface area contributed by atoms with Gasteiger partial charge < -0.3 is 14.8 Å². The molecule has 0 aromatic carbocycles. The zero-order valence-electron chi connectivity index (χ0n) is 8.90. The molecule has 1 aromatic rings. The van der Waals surface area contributed by atoms with E-state index in [-0.39, 0.29) is 12.5 Å². The maximum absolute atomic E-state index is 11.3. The summed E-state index contributed by atoms with van der Waals surface area (Å²) in [5.41, 5.74) is 0. The van der Waals surface area contributed by atoms with Gasteiger partial charge in [-0.3, -0.25) is 9.48 Å². The summed E-state index contributed by atoms with van der Waals surface area (Å²) in [5.74, 6) is 0.308. The Bertz CT molecular complexity index is 311. The maximum Gasteiger partial charge on any atom is 0.251 e. The highest BCUT2D eigenvalue weighted by atomic mass is 16.5. The molecule has 0 aliphatic carbocycles. The SMILES string of the molecule is COCCOCC(=O)Nc1ccn(C)n1. The van der Waals surface area contributed by atoms with Crippen LogP contribution in [0.3, 0.4) is 0 Å². The highest BCUT2D eigenvalue weighted by molar-refractivity contribution is 5.90. The van der Waals surface area contributed by atoms with Crippen LogP contribution in [0.4, 0.5) is 5.82 Å². The molecule has 0 spiro atoms. The molecule has 6 heteroatoms. The van der Waals surface area contributed by atoms with Gasteiger partial charge in [0.05, 0.1) is 13.2 Å². The summed E-state index contributed by atoms with van der Waals surface area (Å²) in [4.78, 5) is 11.3. The zero-order valence-corrected chi connectivity index (χ0v) is 8.90. The van der Waals surface area contributed by atoms with Gasteiger partial charge in [-0.1, -0.05) is 0 Å². The summed E-state index contributed by atoms with van der Waals surface area (Å²) in [7, 11) is 3.36. The lowest BCUT2D eigenvalue weighted by Gasteiger charge is -2.03. The number of aryl methyl sites for hydroxylation is 1. The Kier molecular flexibility index (Phi) is 4.79. The molecule has 0 saturated carbocycles. The third-order valence-corrected chi connectivity index (χ3v) is 1.65. The van der Waals surface area contributed by atoms with Gasteiger partial charge in [0.1, 0.15) is 6.61 Å². The summed E-state index contributed by atoms with van der Waals surface area (Å²) >= 11 is 0. The fourth-order valence-electron chi connectivity index (χ4n) is 0.968. The largest absolute Gasteiger partial charge is 0.382 e. The average Bonchev–Trinajstić information content (AvgIpc) is 2.59. The molecule has 6 nitrogen and oxygen atoms in total. The molecule has 0 aliphatic heterocycles. The van der Waals surface area contributed by atoms with E-state index >= 15 is 0 Å². The van der Waals surface area contributed by atoms with Gasteiger partial charge in [-0.25, -0.2) is 0 Å². The van der Waals surface area contributed by atoms with Crippen molar-refractivity contribution in [1.82, 2.24) is 9.78 Å². The Morgan fingerprint density at radius 2 is 2.40 bits per heavy atom. The molecule has 15 heavy (non-hydrogen) atoms. The molecular formula is C9H15N3O3. The van der Waals surface area contributed by atoms with Crippen molar-refractivity contribution in [2.45, 2.75) is 0 Å². The maximum atomic E-state index is 11.3. The molecule has 0 bridgehead atoms. The van der Waals surface area contributed by atoms with Crippen molar-refractivity contribution < 1.29 is 14.3 Å². The van der Waals surface area contributed by atoms with Crippen LogP contribution in [0.25, 0.3) is 0 Å². The Morgan fingerprint density at radius 3 is 3.00 bits per heavy atom. The second-order valence-electron chi connectivity index (χ2n) is 2.97. The predicted molar refractivity (Wildman–Crippen MR) is 54.5 cm³/mol. The van der Waals surface area contributed by atoms with E-state index in [0.29, 0.717) is 19.0 Å². The van der Waals surface area contributed by atoms with Crippen LogP contribution in [-0.4, -0.2) is 42.6 Å². The highest BCUT2D eigenvalue weighted by Gasteiger charge is 2.03. The minimum absolute atomic E-state index is 0.0138. The van der Waals surface area contributed by atoms with Crippen molar-refractivity contribution in [3.8, 4) is 0 Å². The standard InChI is InChI=1S/C9H15N3O3/c1-12-4-3-8(11-12)10-9(13)7-15-6-5-14-2/h3-4H,5-7H2,1-2H3,(H,10,11,13). The normalized spacial score (nSPS) is 10.3. The average molecular weight is 213 g/mol. The quantitative estimate of drug-likeness (QED) is 0.677. The van der Waals surface area contributed by atoms with Gasteiger partial charge >= 0.3 is 0 Å². The van der Waals surface area contributed by atoms with E-state index < -0.39 is 0 Å². The van der Waals surface area contributed by atoms with Crippen molar-refractivity contribution >= 4 is 11.7 Å². The van der Waals surface area contributed by atoms with Crippen molar-refractivity contribution in [3.63, 3.8) is 0 Å². The molecular weight excluding hydrogens is 198 g/mol. The number of nitrogens with one attached hydrogen (secondary N) is 1. The van der Waals surface area contributed by atoms with Gasteiger partial charge in [-0.2, -0.15) is 5.10 Å². The molecule has 0 atom stereocenters. The molecule has 0 fully saturated rings. The molecule has 84 valence electrons. The number of amides is 1. The lowest BCUT2D eigenvalue weighted by molar-refractivity contribution is -0.121. The lowest BCUT2D eigenvalue weighted by Crippen LogP contribution is -2.19. The number of rotatable bonds is 6. The van der Waals surface area contributed by atoms with Gasteiger partial charge in [0, 0.05) is 26.4 Å². The van der Waals surface area contributed by atoms with Crippen LogP contribution in [-0.2, 0) is 21.3 Å². The van der Waals surface area contributed by atoms with E-state index in [2.05, 4.69) is 10.4 Å². The van der Waals surface area contributed by atoms with Crippen molar-refractivity contribution in [2.75, 3.05) is 32.2 Å². The first-order valence-corrected chi connectivity index (χ1v) is 4.58. The number of carbonyl (C=O) groups excluding carboxylic acids is 1. The summed E-state index contributed by atoms with van der Waals surface area (Å²) in [6.45, 7) is 0.906. The molecule has 1 rings (SSSR count). The highest BCUT2D eigenvalue weighted by Crippen LogP contribution is 1.99. The third kappa shape index (κ3) is 4.57. The smallest absolute Gasteiger partial charge is 0.251 e. The molecule has 1 heterocycles. The zero-order chi connectivity index (χ0) is 11.1. The summed E-state index contributed by atoms with van der Waals surface area (Å²) in [6.07, 6.45) is 1.75. The number of hydrogen-bond acceptors (Lipinski definition) is 4. The number of aromatic nitrogens is 2. The number of nitrogens with zero attached hydrogens (tertiary/aromatic N) is 2. The van der Waals surface area contributed by atoms with E-state index in [4.69, 9.17) is 9.47 Å². The molecule has 0 radical (unpaired) electrons. The van der Waals surface area contributed by atoms with Crippen LogP contribution in [0, 0.1) is 0 Å². The summed E-state index contributed by atoms with van der Waals surface area (Å²) in [5, 5.41) is 6.60. The van der Waals surface area contributed by atoms with E-state index in [1.807, 2.05) is 0 Å². The van der Waals surface area contributed by atoms with Crippen LogP contribution in [0.2, 0.25) is 0 Å². The van der Waals surface area contributed by atoms with Crippen molar-refractivity contribution in [1.29, 1.82) is 0 Å². The molecule has 0 saturated heterocycles. The van der Waals surface area contributed by atoms with Gasteiger partial charge in [-0.15, -0.1) is 0 Å². The Labute approximate surface area is 88.2 Å². The number of anilines is 1. The first-order chi connectivity index (χ1) is 7.22. The van der Waals surface area contributed by atoms with Gasteiger partial charge in [0.2, 0.25) is 0 Å². The number of methoxy groups -OCH3 is 1. The van der Waals surface area contributed by atoms with E-state index in [0.717, 1.165) is 0 Å². The summed E-state index contributed by atoms with van der Waals surface area (Å²) in [6, 6.07) is 1.72. The van der Waals surface area contributed by atoms with Crippen LogP contribution in [0.5, 0.6) is 0 Å². The molecule has 0 unspecified atom stereocenters. The minimum Gasteiger partial charge on any atom is -0.382 e. The first-order valence-electron chi connectivity index (χ1n) is 4.58. The topological polar surface area (TPSA) is 65.4 Å². The van der Waals surface area contributed by atoms with Crippen LogP contribution in [0.15, 0.2) is 12.3 Å². The fraction of sp³-hybridized carbons (Fsp3) is 0.556. The molecule has 1 amide bonds. The van der Waals surface area contributed by atoms with Gasteiger partial charge in [0.25, 0.3) is 5.91 Å². The second kappa shape index (κ2) is 6.15. The Balaban J connectivity index is 2.18. The van der Waals surface area contributed by atoms with Gasteiger partial charge in [0.15, 0.2) is 5.82 Å². The van der Waals surface area contributed by atoms with Crippen LogP contribution >= 0.6 is 0 Å². The van der Waals surface area contributed by atoms with Gasteiger partial charge in [-0.05, 0) is 0 Å². The van der Waals surface area contributed by atoms with Crippen molar-refractivity contribution in [2.24, 2.45) is 7.05 Å². The van der Waals surface area contributed by atoms with E-state index in [9.17, 15) is 4.79 Å². The fourth-order valence-corrected chi connectivity index (χ4v) is 0.968.